The van der Waals surface area contributed by atoms with Gasteiger partial charge in [-0.1, -0.05) is 13.8 Å². The van der Waals surface area contributed by atoms with Crippen LogP contribution in [0.4, 0.5) is 0 Å². The molecular weight excluding hydrogens is 125 g/mol. The highest BCUT2D eigenvalue weighted by atomic mass is 16.4. The van der Waals surface area contributed by atoms with Crippen LogP contribution in [0, 0.1) is 0 Å². The van der Waals surface area contributed by atoms with Crippen molar-refractivity contribution in [1.29, 1.82) is 0 Å². The van der Waals surface area contributed by atoms with Gasteiger partial charge in [0.15, 0.2) is 0 Å². The first-order valence-corrected chi connectivity index (χ1v) is 3.99. The molecule has 3 heteroatoms. The zero-order valence-corrected chi connectivity index (χ0v) is 7.48. The minimum absolute atomic E-state index is 0.399. The summed E-state index contributed by atoms with van der Waals surface area (Å²) in [5.74, 6) is 0.467. The zero-order valence-electron chi connectivity index (χ0n) is 7.48. The Hall–Kier alpha value is -0.0151. The number of rotatable bonds is 5. The lowest BCUT2D eigenvalue weighted by atomic mass is 9.89. The van der Waals surface area contributed by atoms with Crippen LogP contribution in [0.1, 0.15) is 27.2 Å². The summed E-state index contributed by atoms with van der Waals surface area (Å²) in [5, 5.41) is 3.12. The molecule has 0 aromatic carbocycles. The van der Waals surface area contributed by atoms with Crippen LogP contribution in [0.15, 0.2) is 0 Å². The first-order valence-electron chi connectivity index (χ1n) is 3.99. The summed E-state index contributed by atoms with van der Waals surface area (Å²) in [4.78, 5) is 0. The van der Waals surface area contributed by atoms with Crippen LogP contribution in [0.3, 0.4) is 0 Å². The van der Waals surface area contributed by atoms with Crippen LogP contribution < -0.4 is 5.32 Å². The van der Waals surface area contributed by atoms with Gasteiger partial charge in [0.2, 0.25) is 0 Å². The van der Waals surface area contributed by atoms with Crippen LogP contribution in [0.25, 0.3) is 0 Å². The second-order valence-corrected chi connectivity index (χ2v) is 2.74. The predicted molar refractivity (Wildman–Crippen MR) is 46.5 cm³/mol. The topological polar surface area (TPSA) is 21.3 Å². The lowest BCUT2D eigenvalue weighted by molar-refractivity contribution is 0.224. The van der Waals surface area contributed by atoms with E-state index >= 15 is 0 Å². The molecule has 0 aromatic heterocycles. The lowest BCUT2D eigenvalue weighted by Crippen LogP contribution is -2.31. The molecule has 0 amide bonds. The molecule has 1 N–H and O–H groups in total. The van der Waals surface area contributed by atoms with Crippen LogP contribution in [0.5, 0.6) is 0 Å². The summed E-state index contributed by atoms with van der Waals surface area (Å²) in [6.07, 6.45) is 1.49. The molecule has 0 aliphatic carbocycles. The summed E-state index contributed by atoms with van der Waals surface area (Å²) < 4.78 is 5.48. The summed E-state index contributed by atoms with van der Waals surface area (Å²) in [7, 11) is 2.76. The van der Waals surface area contributed by atoms with Crippen molar-refractivity contribution in [3.63, 3.8) is 0 Å². The molecule has 0 fully saturated rings. The van der Waals surface area contributed by atoms with Gasteiger partial charge in [-0.2, -0.15) is 0 Å². The molecule has 0 aromatic rings. The van der Waals surface area contributed by atoms with E-state index < -0.39 is 0 Å². The number of hydrogen-bond donors (Lipinski definition) is 1. The normalized spacial score (nSPS) is 16.4. The van der Waals surface area contributed by atoms with Crippen molar-refractivity contribution < 1.29 is 4.65 Å². The fraction of sp³-hybridized carbons (Fsp3) is 1.00. The Morgan fingerprint density at radius 1 is 1.50 bits per heavy atom. The van der Waals surface area contributed by atoms with Crippen LogP contribution in [0.2, 0.25) is 0 Å². The van der Waals surface area contributed by atoms with Crippen molar-refractivity contribution in [2.45, 2.75) is 39.2 Å². The molecule has 0 saturated carbocycles. The van der Waals surface area contributed by atoms with E-state index in [-0.39, 0.29) is 0 Å². The van der Waals surface area contributed by atoms with E-state index in [1.807, 2.05) is 7.05 Å². The van der Waals surface area contributed by atoms with E-state index in [2.05, 4.69) is 26.1 Å². The molecule has 2 nitrogen and oxygen atoms in total. The largest absolute Gasteiger partial charge is 0.435 e. The van der Waals surface area contributed by atoms with E-state index in [0.717, 1.165) is 13.9 Å². The van der Waals surface area contributed by atoms with Crippen LogP contribution in [-0.2, 0) is 4.65 Å². The average Bonchev–Trinajstić information content (AvgIpc) is 1.99. The van der Waals surface area contributed by atoms with Crippen LogP contribution >= 0.6 is 0 Å². The second kappa shape index (κ2) is 5.75. The van der Waals surface area contributed by atoms with E-state index in [1.54, 1.807) is 0 Å². The summed E-state index contributed by atoms with van der Waals surface area (Å²) >= 11 is 0. The van der Waals surface area contributed by atoms with Crippen molar-refractivity contribution in [3.8, 4) is 0 Å². The Labute approximate surface area is 64.6 Å². The number of hydrogen-bond acceptors (Lipinski definition) is 2. The quantitative estimate of drug-likeness (QED) is 0.572. The Kier molecular flexibility index (Phi) is 5.74. The third-order valence-corrected chi connectivity index (χ3v) is 1.70. The highest BCUT2D eigenvalue weighted by Gasteiger charge is 2.04. The molecule has 2 atom stereocenters. The van der Waals surface area contributed by atoms with Gasteiger partial charge in [-0.3, -0.25) is 0 Å². The number of nitrogens with one attached hydrogen (secondary N) is 1. The van der Waals surface area contributed by atoms with Gasteiger partial charge in [-0.05, 0) is 20.4 Å². The summed E-state index contributed by atoms with van der Waals surface area (Å²) in [6.45, 7) is 6.35. The monoisotopic (exact) mass is 143 g/mol. The lowest BCUT2D eigenvalue weighted by Gasteiger charge is -2.13. The van der Waals surface area contributed by atoms with Crippen molar-refractivity contribution in [2.24, 2.45) is 0 Å². The third kappa shape index (κ3) is 4.83. The van der Waals surface area contributed by atoms with E-state index in [1.165, 1.54) is 0 Å². The van der Waals surface area contributed by atoms with Gasteiger partial charge < -0.3 is 9.97 Å². The van der Waals surface area contributed by atoms with Gasteiger partial charge in [-0.25, -0.2) is 0 Å². The van der Waals surface area contributed by atoms with Gasteiger partial charge in [0, 0.05) is 12.0 Å². The maximum Gasteiger partial charge on any atom is 0.292 e. The molecule has 0 heterocycles. The van der Waals surface area contributed by atoms with Crippen LogP contribution in [-0.4, -0.2) is 26.6 Å². The highest BCUT2D eigenvalue weighted by molar-refractivity contribution is 6.29. The molecule has 0 radical (unpaired) electrons. The van der Waals surface area contributed by atoms with Gasteiger partial charge in [0.05, 0.1) is 0 Å². The van der Waals surface area contributed by atoms with Crippen molar-refractivity contribution in [3.05, 3.63) is 0 Å². The molecule has 0 rings (SSSR count). The fourth-order valence-electron chi connectivity index (χ4n) is 0.510. The maximum atomic E-state index is 5.48. The molecule has 0 saturated heterocycles. The standard InChI is InChI=1S/C7H18BNO/c1-5-6(2)10-8-7(3)9-4/h6-9H,5H2,1-4H3. The Morgan fingerprint density at radius 2 is 2.10 bits per heavy atom. The minimum atomic E-state index is 0.399. The summed E-state index contributed by atoms with van der Waals surface area (Å²) in [5.41, 5.74) is 0. The summed E-state index contributed by atoms with van der Waals surface area (Å²) in [6, 6.07) is 0. The average molecular weight is 143 g/mol. The van der Waals surface area contributed by atoms with Gasteiger partial charge in [0.25, 0.3) is 7.48 Å². The fourth-order valence-corrected chi connectivity index (χ4v) is 0.510. The third-order valence-electron chi connectivity index (χ3n) is 1.70. The van der Waals surface area contributed by atoms with Crippen molar-refractivity contribution in [2.75, 3.05) is 7.05 Å². The van der Waals surface area contributed by atoms with Crippen molar-refractivity contribution in [1.82, 2.24) is 5.32 Å². The molecule has 0 aliphatic heterocycles. The molecule has 0 aliphatic rings. The second-order valence-electron chi connectivity index (χ2n) is 2.74. The smallest absolute Gasteiger partial charge is 0.292 e. The van der Waals surface area contributed by atoms with Gasteiger partial charge in [-0.15, -0.1) is 0 Å². The Balaban J connectivity index is 3.17. The predicted octanol–water partition coefficient (Wildman–Crippen LogP) is 0.718. The molecular formula is C7H18BNO. The van der Waals surface area contributed by atoms with Gasteiger partial charge in [0.1, 0.15) is 0 Å². The molecule has 60 valence electrons. The first-order chi connectivity index (χ1) is 4.70. The Morgan fingerprint density at radius 3 is 2.50 bits per heavy atom. The van der Waals surface area contributed by atoms with Gasteiger partial charge >= 0.3 is 0 Å². The van der Waals surface area contributed by atoms with E-state index in [9.17, 15) is 0 Å². The van der Waals surface area contributed by atoms with Crippen molar-refractivity contribution >= 4 is 7.48 Å². The highest BCUT2D eigenvalue weighted by Crippen LogP contribution is 1.94. The molecule has 0 bridgehead atoms. The SMILES string of the molecule is CCC(C)OBC(C)NC. The minimum Gasteiger partial charge on any atom is -0.435 e. The molecule has 2 unspecified atom stereocenters. The molecule has 10 heavy (non-hydrogen) atoms. The van der Waals surface area contributed by atoms with E-state index in [0.29, 0.717) is 12.0 Å². The Bertz CT molecular complexity index is 70.0. The maximum absolute atomic E-state index is 5.48. The first kappa shape index (κ1) is 9.98. The zero-order chi connectivity index (χ0) is 7.98. The van der Waals surface area contributed by atoms with E-state index in [4.69, 9.17) is 4.65 Å². The molecule has 0 spiro atoms.